The Morgan fingerprint density at radius 1 is 1.21 bits per heavy atom. The van der Waals surface area contributed by atoms with Crippen molar-refractivity contribution < 1.29 is 23.8 Å². The molecule has 0 unspecified atom stereocenters. The summed E-state index contributed by atoms with van der Waals surface area (Å²) in [7, 11) is 1.54. The minimum Gasteiger partial charge on any atom is -0.496 e. The van der Waals surface area contributed by atoms with E-state index in [1.54, 1.807) is 42.5 Å². The molecular formula is C21H22N2O5. The molecule has 1 atom stereocenters. The molecule has 0 bridgehead atoms. The van der Waals surface area contributed by atoms with Gasteiger partial charge < -0.3 is 19.5 Å². The van der Waals surface area contributed by atoms with Crippen molar-refractivity contribution in [2.45, 2.75) is 26.6 Å². The summed E-state index contributed by atoms with van der Waals surface area (Å²) >= 11 is 0. The number of ether oxygens (including phenoxy) is 3. The van der Waals surface area contributed by atoms with E-state index in [0.29, 0.717) is 35.8 Å². The maximum absolute atomic E-state index is 12.4. The van der Waals surface area contributed by atoms with Crippen molar-refractivity contribution in [1.82, 2.24) is 0 Å². The Hall–Kier alpha value is -3.37. The van der Waals surface area contributed by atoms with E-state index in [0.717, 1.165) is 0 Å². The lowest BCUT2D eigenvalue weighted by atomic mass is 10.1. The second-order valence-corrected chi connectivity index (χ2v) is 5.86. The number of nitrogens with one attached hydrogen (secondary N) is 1. The molecule has 0 saturated carbocycles. The average molecular weight is 382 g/mol. The maximum atomic E-state index is 12.4. The zero-order valence-corrected chi connectivity index (χ0v) is 16.0. The maximum Gasteiger partial charge on any atom is 0.338 e. The predicted molar refractivity (Wildman–Crippen MR) is 103 cm³/mol. The topological polar surface area (TPSA) is 97.6 Å². The second-order valence-electron chi connectivity index (χ2n) is 5.86. The highest BCUT2D eigenvalue weighted by atomic mass is 16.5. The molecule has 0 heterocycles. The standard InChI is InChI=1S/C21H22N2O5/c1-4-27-13-17-11-15(9-10-19(17)26-3)21(25)28-14(2)20(24)23-18-8-6-5-7-16(18)12-22/h5-11,14H,4,13H2,1-3H3,(H,23,24)/t14-/m0/s1. The van der Waals surface area contributed by atoms with Crippen molar-refractivity contribution in [3.05, 3.63) is 59.2 Å². The monoisotopic (exact) mass is 382 g/mol. The molecule has 146 valence electrons. The van der Waals surface area contributed by atoms with Crippen LogP contribution in [0.5, 0.6) is 5.75 Å². The number of rotatable bonds is 8. The molecular weight excluding hydrogens is 360 g/mol. The van der Waals surface area contributed by atoms with Crippen LogP contribution >= 0.6 is 0 Å². The number of para-hydroxylation sites is 1. The average Bonchev–Trinajstić information content (AvgIpc) is 2.72. The van der Waals surface area contributed by atoms with E-state index in [-0.39, 0.29) is 5.56 Å². The van der Waals surface area contributed by atoms with Crippen LogP contribution in [0.1, 0.15) is 35.3 Å². The molecule has 0 saturated heterocycles. The lowest BCUT2D eigenvalue weighted by Gasteiger charge is -2.15. The van der Waals surface area contributed by atoms with Crippen molar-refractivity contribution in [2.75, 3.05) is 19.0 Å². The van der Waals surface area contributed by atoms with Crippen LogP contribution in [-0.2, 0) is 20.9 Å². The highest BCUT2D eigenvalue weighted by Crippen LogP contribution is 2.22. The molecule has 0 aliphatic rings. The van der Waals surface area contributed by atoms with Crippen LogP contribution in [0.15, 0.2) is 42.5 Å². The summed E-state index contributed by atoms with van der Waals surface area (Å²) in [5.74, 6) is -0.570. The van der Waals surface area contributed by atoms with Gasteiger partial charge in [0.25, 0.3) is 5.91 Å². The van der Waals surface area contributed by atoms with Gasteiger partial charge in [-0.05, 0) is 44.2 Å². The fraction of sp³-hybridized carbons (Fsp3) is 0.286. The number of nitriles is 1. The van der Waals surface area contributed by atoms with Gasteiger partial charge in [-0.3, -0.25) is 4.79 Å². The van der Waals surface area contributed by atoms with Gasteiger partial charge in [0.15, 0.2) is 6.10 Å². The van der Waals surface area contributed by atoms with E-state index in [2.05, 4.69) is 5.32 Å². The Kier molecular flexibility index (Phi) is 7.55. The summed E-state index contributed by atoms with van der Waals surface area (Å²) < 4.78 is 15.9. The molecule has 1 amide bonds. The van der Waals surface area contributed by atoms with E-state index < -0.39 is 18.0 Å². The summed E-state index contributed by atoms with van der Waals surface area (Å²) in [6.45, 7) is 4.16. The Balaban J connectivity index is 2.07. The number of hydrogen-bond acceptors (Lipinski definition) is 6. The summed E-state index contributed by atoms with van der Waals surface area (Å²) in [5, 5.41) is 11.7. The minimum absolute atomic E-state index is 0.285. The number of anilines is 1. The molecule has 0 spiro atoms. The highest BCUT2D eigenvalue weighted by molar-refractivity contribution is 5.98. The Labute approximate surface area is 163 Å². The van der Waals surface area contributed by atoms with Gasteiger partial charge in [-0.1, -0.05) is 12.1 Å². The molecule has 2 aromatic carbocycles. The van der Waals surface area contributed by atoms with Crippen LogP contribution in [-0.4, -0.2) is 31.7 Å². The van der Waals surface area contributed by atoms with Crippen molar-refractivity contribution in [3.8, 4) is 11.8 Å². The Morgan fingerprint density at radius 3 is 2.64 bits per heavy atom. The van der Waals surface area contributed by atoms with Gasteiger partial charge >= 0.3 is 5.97 Å². The number of carbonyl (C=O) groups excluding carboxylic acids is 2. The Morgan fingerprint density at radius 2 is 1.96 bits per heavy atom. The van der Waals surface area contributed by atoms with E-state index in [4.69, 9.17) is 19.5 Å². The van der Waals surface area contributed by atoms with Crippen LogP contribution in [0, 0.1) is 11.3 Å². The first-order valence-corrected chi connectivity index (χ1v) is 8.75. The molecule has 7 heteroatoms. The summed E-state index contributed by atoms with van der Waals surface area (Å²) in [5.41, 5.74) is 1.68. The van der Waals surface area contributed by atoms with Crippen LogP contribution in [0.4, 0.5) is 5.69 Å². The molecule has 7 nitrogen and oxygen atoms in total. The van der Waals surface area contributed by atoms with E-state index in [9.17, 15) is 9.59 Å². The molecule has 0 radical (unpaired) electrons. The molecule has 2 aromatic rings. The number of nitrogens with zero attached hydrogens (tertiary/aromatic N) is 1. The van der Waals surface area contributed by atoms with Gasteiger partial charge in [0.05, 0.1) is 30.5 Å². The summed E-state index contributed by atoms with van der Waals surface area (Å²) in [6.07, 6.45) is -1.04. The zero-order valence-electron chi connectivity index (χ0n) is 16.0. The van der Waals surface area contributed by atoms with E-state index in [1.807, 2.05) is 13.0 Å². The van der Waals surface area contributed by atoms with Crippen molar-refractivity contribution in [2.24, 2.45) is 0 Å². The third-order valence-electron chi connectivity index (χ3n) is 3.94. The third kappa shape index (κ3) is 5.32. The first-order chi connectivity index (χ1) is 13.5. The van der Waals surface area contributed by atoms with Crippen molar-refractivity contribution in [3.63, 3.8) is 0 Å². The predicted octanol–water partition coefficient (Wildman–Crippen LogP) is 3.29. The van der Waals surface area contributed by atoms with Gasteiger partial charge in [-0.15, -0.1) is 0 Å². The van der Waals surface area contributed by atoms with Crippen LogP contribution in [0.25, 0.3) is 0 Å². The minimum atomic E-state index is -1.04. The first-order valence-electron chi connectivity index (χ1n) is 8.75. The molecule has 0 aromatic heterocycles. The molecule has 28 heavy (non-hydrogen) atoms. The van der Waals surface area contributed by atoms with Gasteiger partial charge in [0.1, 0.15) is 11.8 Å². The van der Waals surface area contributed by atoms with Crippen LogP contribution in [0.3, 0.4) is 0 Å². The Bertz CT molecular complexity index is 889. The lowest BCUT2D eigenvalue weighted by molar-refractivity contribution is -0.123. The molecule has 0 aliphatic heterocycles. The van der Waals surface area contributed by atoms with Gasteiger partial charge in [0.2, 0.25) is 0 Å². The normalized spacial score (nSPS) is 11.2. The number of carbonyl (C=O) groups is 2. The third-order valence-corrected chi connectivity index (χ3v) is 3.94. The number of methoxy groups -OCH3 is 1. The lowest BCUT2D eigenvalue weighted by Crippen LogP contribution is -2.30. The smallest absolute Gasteiger partial charge is 0.338 e. The molecule has 0 aliphatic carbocycles. The fourth-order valence-electron chi connectivity index (χ4n) is 2.44. The highest BCUT2D eigenvalue weighted by Gasteiger charge is 2.20. The molecule has 2 rings (SSSR count). The largest absolute Gasteiger partial charge is 0.496 e. The van der Waals surface area contributed by atoms with Crippen molar-refractivity contribution in [1.29, 1.82) is 5.26 Å². The number of benzene rings is 2. The van der Waals surface area contributed by atoms with Gasteiger partial charge in [-0.2, -0.15) is 5.26 Å². The summed E-state index contributed by atoms with van der Waals surface area (Å²) in [6, 6.07) is 13.4. The quantitative estimate of drug-likeness (QED) is 0.704. The molecule has 1 N–H and O–H groups in total. The molecule has 0 fully saturated rings. The van der Waals surface area contributed by atoms with E-state index in [1.165, 1.54) is 14.0 Å². The van der Waals surface area contributed by atoms with Gasteiger partial charge in [0, 0.05) is 12.2 Å². The van der Waals surface area contributed by atoms with E-state index >= 15 is 0 Å². The van der Waals surface area contributed by atoms with Crippen LogP contribution < -0.4 is 10.1 Å². The zero-order chi connectivity index (χ0) is 20.5. The fourth-order valence-corrected chi connectivity index (χ4v) is 2.44. The number of amides is 1. The van der Waals surface area contributed by atoms with Crippen molar-refractivity contribution >= 4 is 17.6 Å². The van der Waals surface area contributed by atoms with Crippen LogP contribution in [0.2, 0.25) is 0 Å². The second kappa shape index (κ2) is 10.1. The summed E-state index contributed by atoms with van der Waals surface area (Å²) in [4.78, 5) is 24.7. The number of hydrogen-bond donors (Lipinski definition) is 1. The first kappa shape index (κ1) is 20.9. The number of esters is 1. The SMILES string of the molecule is CCOCc1cc(C(=O)O[C@@H](C)C(=O)Nc2ccccc2C#N)ccc1OC. The van der Waals surface area contributed by atoms with Gasteiger partial charge in [-0.25, -0.2) is 4.79 Å².